The van der Waals surface area contributed by atoms with Gasteiger partial charge in [-0.3, -0.25) is 4.98 Å². The molecule has 88 valence electrons. The summed E-state index contributed by atoms with van der Waals surface area (Å²) in [5, 5.41) is 18.5. The minimum atomic E-state index is -1.33. The number of hydrogen-bond acceptors (Lipinski definition) is 4. The van der Waals surface area contributed by atoms with Crippen LogP contribution in [0.4, 0.5) is 4.39 Å². The molecule has 0 bridgehead atoms. The zero-order valence-corrected chi connectivity index (χ0v) is 8.77. The third kappa shape index (κ3) is 1.73. The van der Waals surface area contributed by atoms with Crippen molar-refractivity contribution in [2.45, 2.75) is 0 Å². The summed E-state index contributed by atoms with van der Waals surface area (Å²) >= 11 is 0. The van der Waals surface area contributed by atoms with Gasteiger partial charge in [0.05, 0.1) is 7.11 Å². The molecule has 17 heavy (non-hydrogen) atoms. The molecule has 0 aliphatic rings. The van der Waals surface area contributed by atoms with Crippen molar-refractivity contribution in [3.8, 4) is 11.5 Å². The van der Waals surface area contributed by atoms with E-state index in [-0.39, 0.29) is 22.2 Å². The highest BCUT2D eigenvalue weighted by Gasteiger charge is 2.16. The van der Waals surface area contributed by atoms with Gasteiger partial charge in [-0.15, -0.1) is 0 Å². The molecule has 0 spiro atoms. The van der Waals surface area contributed by atoms with E-state index in [0.29, 0.717) is 0 Å². The molecule has 2 aromatic rings. The number of methoxy groups -OCH3 is 1. The summed E-state index contributed by atoms with van der Waals surface area (Å²) < 4.78 is 18.4. The van der Waals surface area contributed by atoms with Crippen LogP contribution in [0, 0.1) is 5.82 Å². The van der Waals surface area contributed by atoms with E-state index in [4.69, 9.17) is 9.84 Å². The largest absolute Gasteiger partial charge is 0.506 e. The Kier molecular flexibility index (Phi) is 2.55. The van der Waals surface area contributed by atoms with Crippen LogP contribution in [0.2, 0.25) is 0 Å². The number of carboxylic acid groups (broad SMARTS) is 1. The Hall–Kier alpha value is -2.37. The van der Waals surface area contributed by atoms with Crippen molar-refractivity contribution in [3.63, 3.8) is 0 Å². The van der Waals surface area contributed by atoms with E-state index in [2.05, 4.69) is 4.98 Å². The fraction of sp³-hybridized carbons (Fsp3) is 0.0909. The Morgan fingerprint density at radius 3 is 2.76 bits per heavy atom. The second-order valence-corrected chi connectivity index (χ2v) is 3.33. The summed E-state index contributed by atoms with van der Waals surface area (Å²) in [6, 6.07) is 2.43. The standard InChI is InChI=1S/C11H8FNO4/c1-17-5-2-6-9(8(12)3-5)13-4-7(10(6)14)11(15)16/h2-4H,1H3,(H,13,14)(H,15,16). The molecule has 0 unspecified atom stereocenters. The molecule has 0 aliphatic carbocycles. The molecule has 0 amide bonds. The van der Waals surface area contributed by atoms with E-state index in [1.807, 2.05) is 0 Å². The van der Waals surface area contributed by atoms with Crippen molar-refractivity contribution in [1.82, 2.24) is 4.98 Å². The normalized spacial score (nSPS) is 10.5. The molecule has 0 atom stereocenters. The van der Waals surface area contributed by atoms with Crippen molar-refractivity contribution in [2.24, 2.45) is 0 Å². The molecule has 0 fully saturated rings. The number of fused-ring (bicyclic) bond motifs is 1. The first-order valence-corrected chi connectivity index (χ1v) is 4.63. The van der Waals surface area contributed by atoms with Crippen molar-refractivity contribution in [3.05, 3.63) is 29.7 Å². The third-order valence-electron chi connectivity index (χ3n) is 2.34. The predicted molar refractivity (Wildman–Crippen MR) is 56.9 cm³/mol. The number of benzene rings is 1. The van der Waals surface area contributed by atoms with Crippen LogP contribution >= 0.6 is 0 Å². The van der Waals surface area contributed by atoms with E-state index in [1.165, 1.54) is 13.2 Å². The summed E-state index contributed by atoms with van der Waals surface area (Å²) in [5.41, 5.74) is -0.488. The molecule has 0 aliphatic heterocycles. The van der Waals surface area contributed by atoms with Crippen LogP contribution in [-0.4, -0.2) is 28.3 Å². The highest BCUT2D eigenvalue weighted by molar-refractivity contribution is 5.98. The Balaban J connectivity index is 2.83. The molecule has 1 aromatic heterocycles. The van der Waals surface area contributed by atoms with Gasteiger partial charge in [-0.2, -0.15) is 0 Å². The monoisotopic (exact) mass is 237 g/mol. The van der Waals surface area contributed by atoms with E-state index < -0.39 is 17.5 Å². The number of aromatic carboxylic acids is 1. The van der Waals surface area contributed by atoms with Crippen LogP contribution in [0.5, 0.6) is 11.5 Å². The average Bonchev–Trinajstić information content (AvgIpc) is 2.29. The van der Waals surface area contributed by atoms with Crippen LogP contribution in [0.1, 0.15) is 10.4 Å². The Labute approximate surface area is 95.1 Å². The fourth-order valence-electron chi connectivity index (χ4n) is 1.50. The van der Waals surface area contributed by atoms with Gasteiger partial charge >= 0.3 is 5.97 Å². The SMILES string of the molecule is COc1cc(F)c2ncc(C(=O)O)c(O)c2c1. The predicted octanol–water partition coefficient (Wildman–Crippen LogP) is 1.79. The molecule has 0 radical (unpaired) electrons. The molecule has 2 N–H and O–H groups in total. The molecule has 0 saturated heterocycles. The lowest BCUT2D eigenvalue weighted by Crippen LogP contribution is -1.99. The van der Waals surface area contributed by atoms with Gasteiger partial charge in [0.25, 0.3) is 0 Å². The van der Waals surface area contributed by atoms with Gasteiger partial charge < -0.3 is 14.9 Å². The first-order valence-electron chi connectivity index (χ1n) is 4.63. The van der Waals surface area contributed by atoms with Crippen LogP contribution in [0.3, 0.4) is 0 Å². The summed E-state index contributed by atoms with van der Waals surface area (Å²) in [7, 11) is 1.34. The Morgan fingerprint density at radius 2 is 2.18 bits per heavy atom. The van der Waals surface area contributed by atoms with E-state index in [1.54, 1.807) is 0 Å². The number of pyridine rings is 1. The Bertz CT molecular complexity index is 612. The molecule has 1 heterocycles. The molecule has 2 rings (SSSR count). The minimum absolute atomic E-state index is 0.00162. The lowest BCUT2D eigenvalue weighted by molar-refractivity contribution is 0.0693. The topological polar surface area (TPSA) is 79.7 Å². The van der Waals surface area contributed by atoms with Gasteiger partial charge in [-0.1, -0.05) is 0 Å². The summed E-state index contributed by atoms with van der Waals surface area (Å²) in [6.07, 6.45) is 0.912. The van der Waals surface area contributed by atoms with Gasteiger partial charge in [0.2, 0.25) is 0 Å². The minimum Gasteiger partial charge on any atom is -0.506 e. The zero-order chi connectivity index (χ0) is 12.6. The number of halogens is 1. The van der Waals surface area contributed by atoms with Crippen LogP contribution in [-0.2, 0) is 0 Å². The molecule has 1 aromatic carbocycles. The van der Waals surface area contributed by atoms with Gasteiger partial charge in [-0.05, 0) is 6.07 Å². The van der Waals surface area contributed by atoms with Gasteiger partial charge in [-0.25, -0.2) is 9.18 Å². The molecule has 5 nitrogen and oxygen atoms in total. The van der Waals surface area contributed by atoms with Crippen molar-refractivity contribution >= 4 is 16.9 Å². The number of aromatic nitrogens is 1. The molecular weight excluding hydrogens is 229 g/mol. The summed E-state index contributed by atoms with van der Waals surface area (Å²) in [6.45, 7) is 0. The van der Waals surface area contributed by atoms with Gasteiger partial charge in [0.15, 0.2) is 5.82 Å². The number of carboxylic acids is 1. The second-order valence-electron chi connectivity index (χ2n) is 3.33. The zero-order valence-electron chi connectivity index (χ0n) is 8.77. The molecular formula is C11H8FNO4. The summed E-state index contributed by atoms with van der Waals surface area (Å²) in [4.78, 5) is 14.4. The second kappa shape index (κ2) is 3.89. The third-order valence-corrected chi connectivity index (χ3v) is 2.34. The maximum absolute atomic E-state index is 13.5. The molecule has 0 saturated carbocycles. The highest BCUT2D eigenvalue weighted by atomic mass is 19.1. The highest BCUT2D eigenvalue weighted by Crippen LogP contribution is 2.31. The first kappa shape index (κ1) is 11.1. The lowest BCUT2D eigenvalue weighted by Gasteiger charge is -2.07. The van der Waals surface area contributed by atoms with E-state index in [0.717, 1.165) is 12.3 Å². The van der Waals surface area contributed by atoms with Crippen LogP contribution in [0.15, 0.2) is 18.3 Å². The number of carbonyl (C=O) groups is 1. The first-order chi connectivity index (χ1) is 8.04. The maximum Gasteiger partial charge on any atom is 0.341 e. The smallest absolute Gasteiger partial charge is 0.341 e. The number of rotatable bonds is 2. The maximum atomic E-state index is 13.5. The van der Waals surface area contributed by atoms with Crippen LogP contribution in [0.25, 0.3) is 10.9 Å². The number of hydrogen-bond donors (Lipinski definition) is 2. The van der Waals surface area contributed by atoms with Gasteiger partial charge in [0.1, 0.15) is 22.6 Å². The number of ether oxygens (including phenoxy) is 1. The quantitative estimate of drug-likeness (QED) is 0.832. The van der Waals surface area contributed by atoms with Gasteiger partial charge in [0, 0.05) is 17.6 Å². The van der Waals surface area contributed by atoms with E-state index >= 15 is 0 Å². The average molecular weight is 237 g/mol. The fourth-order valence-corrected chi connectivity index (χ4v) is 1.50. The number of aromatic hydroxyl groups is 1. The van der Waals surface area contributed by atoms with Crippen LogP contribution < -0.4 is 4.74 Å². The number of nitrogens with zero attached hydrogens (tertiary/aromatic N) is 1. The summed E-state index contributed by atoms with van der Waals surface area (Å²) in [5.74, 6) is -2.37. The Morgan fingerprint density at radius 1 is 1.47 bits per heavy atom. The van der Waals surface area contributed by atoms with Crippen molar-refractivity contribution < 1.29 is 24.1 Å². The molecule has 6 heteroatoms. The van der Waals surface area contributed by atoms with Crippen molar-refractivity contribution in [1.29, 1.82) is 0 Å². The lowest BCUT2D eigenvalue weighted by atomic mass is 10.1. The van der Waals surface area contributed by atoms with Crippen molar-refractivity contribution in [2.75, 3.05) is 7.11 Å². The van der Waals surface area contributed by atoms with E-state index in [9.17, 15) is 14.3 Å².